The first-order valence-electron chi connectivity index (χ1n) is 5.47. The second-order valence-electron chi connectivity index (χ2n) is 4.25. The van der Waals surface area contributed by atoms with E-state index in [1.165, 1.54) is 6.92 Å². The van der Waals surface area contributed by atoms with Crippen molar-refractivity contribution in [2.75, 3.05) is 19.6 Å². The molecule has 1 rings (SSSR count). The number of nitrogens with one attached hydrogen (secondary N) is 1. The molecule has 0 spiro atoms. The van der Waals surface area contributed by atoms with Gasteiger partial charge in [-0.25, -0.2) is 4.79 Å². The van der Waals surface area contributed by atoms with Crippen LogP contribution < -0.4 is 11.1 Å². The Labute approximate surface area is 94.8 Å². The molecule has 6 nitrogen and oxygen atoms in total. The number of aliphatic carboxylic acids is 1. The molecular weight excluding hydrogens is 210 g/mol. The van der Waals surface area contributed by atoms with Gasteiger partial charge in [-0.05, 0) is 19.4 Å². The second-order valence-corrected chi connectivity index (χ2v) is 4.25. The van der Waals surface area contributed by atoms with E-state index >= 15 is 0 Å². The van der Waals surface area contributed by atoms with Crippen LogP contribution in [-0.4, -0.2) is 53.6 Å². The van der Waals surface area contributed by atoms with Crippen LogP contribution in [0.4, 0.5) is 0 Å². The molecule has 2 unspecified atom stereocenters. The summed E-state index contributed by atoms with van der Waals surface area (Å²) >= 11 is 0. The van der Waals surface area contributed by atoms with Crippen LogP contribution in [-0.2, 0) is 9.59 Å². The minimum absolute atomic E-state index is 0.112. The first-order chi connectivity index (χ1) is 7.49. The summed E-state index contributed by atoms with van der Waals surface area (Å²) in [4.78, 5) is 23.8. The monoisotopic (exact) mass is 229 g/mol. The Morgan fingerprint density at radius 1 is 1.62 bits per heavy atom. The highest BCUT2D eigenvalue weighted by Crippen LogP contribution is 2.08. The SMILES string of the molecule is CC(=O)NC(CN1CCCC(N)C1)C(=O)O. The van der Waals surface area contributed by atoms with Gasteiger partial charge < -0.3 is 16.2 Å². The van der Waals surface area contributed by atoms with Crippen LogP contribution in [0, 0.1) is 0 Å². The van der Waals surface area contributed by atoms with Gasteiger partial charge in [-0.1, -0.05) is 0 Å². The van der Waals surface area contributed by atoms with Gasteiger partial charge in [0.05, 0.1) is 0 Å². The Morgan fingerprint density at radius 2 is 2.31 bits per heavy atom. The topological polar surface area (TPSA) is 95.7 Å². The van der Waals surface area contributed by atoms with Crippen molar-refractivity contribution in [3.05, 3.63) is 0 Å². The first kappa shape index (κ1) is 12.9. The van der Waals surface area contributed by atoms with E-state index in [0.29, 0.717) is 13.1 Å². The maximum atomic E-state index is 10.9. The Balaban J connectivity index is 2.47. The normalized spacial score (nSPS) is 23.8. The van der Waals surface area contributed by atoms with Gasteiger partial charge >= 0.3 is 5.97 Å². The fraction of sp³-hybridized carbons (Fsp3) is 0.800. The maximum absolute atomic E-state index is 10.9. The van der Waals surface area contributed by atoms with Crippen molar-refractivity contribution in [3.8, 4) is 0 Å². The van der Waals surface area contributed by atoms with E-state index in [9.17, 15) is 9.59 Å². The Hall–Kier alpha value is -1.14. The smallest absolute Gasteiger partial charge is 0.327 e. The second kappa shape index (κ2) is 5.81. The molecule has 0 aromatic heterocycles. The first-order valence-corrected chi connectivity index (χ1v) is 5.47. The third-order valence-corrected chi connectivity index (χ3v) is 2.66. The third kappa shape index (κ3) is 4.16. The lowest BCUT2D eigenvalue weighted by Crippen LogP contribution is -2.52. The number of nitrogens with zero attached hydrogens (tertiary/aromatic N) is 1. The Bertz CT molecular complexity index is 270. The molecule has 4 N–H and O–H groups in total. The molecule has 16 heavy (non-hydrogen) atoms. The maximum Gasteiger partial charge on any atom is 0.327 e. The molecule has 0 aliphatic carbocycles. The molecule has 1 fully saturated rings. The van der Waals surface area contributed by atoms with E-state index in [4.69, 9.17) is 10.8 Å². The summed E-state index contributed by atoms with van der Waals surface area (Å²) in [6.45, 7) is 3.18. The molecule has 92 valence electrons. The number of carbonyl (C=O) groups is 2. The van der Waals surface area contributed by atoms with E-state index in [-0.39, 0.29) is 11.9 Å². The van der Waals surface area contributed by atoms with E-state index in [2.05, 4.69) is 5.32 Å². The number of hydrogen-bond donors (Lipinski definition) is 3. The minimum Gasteiger partial charge on any atom is -0.480 e. The van der Waals surface area contributed by atoms with Gasteiger partial charge in [-0.3, -0.25) is 9.69 Å². The Kier molecular flexibility index (Phi) is 4.70. The number of hydrogen-bond acceptors (Lipinski definition) is 4. The molecule has 2 atom stereocenters. The van der Waals surface area contributed by atoms with Crippen LogP contribution in [0.15, 0.2) is 0 Å². The lowest BCUT2D eigenvalue weighted by Gasteiger charge is -2.32. The van der Waals surface area contributed by atoms with Crippen molar-refractivity contribution >= 4 is 11.9 Å². The van der Waals surface area contributed by atoms with Gasteiger partial charge in [0.25, 0.3) is 0 Å². The lowest BCUT2D eigenvalue weighted by molar-refractivity contribution is -0.142. The molecule has 1 amide bonds. The van der Waals surface area contributed by atoms with Crippen molar-refractivity contribution in [1.29, 1.82) is 0 Å². The van der Waals surface area contributed by atoms with Crippen LogP contribution in [0.2, 0.25) is 0 Å². The number of amides is 1. The van der Waals surface area contributed by atoms with Gasteiger partial charge in [-0.2, -0.15) is 0 Å². The summed E-state index contributed by atoms with van der Waals surface area (Å²) in [5.41, 5.74) is 5.80. The van der Waals surface area contributed by atoms with Crippen LogP contribution in [0.3, 0.4) is 0 Å². The summed E-state index contributed by atoms with van der Waals surface area (Å²) in [7, 11) is 0. The molecule has 1 heterocycles. The van der Waals surface area contributed by atoms with E-state index in [1.807, 2.05) is 4.90 Å². The molecule has 0 aromatic rings. The average molecular weight is 229 g/mol. The highest BCUT2D eigenvalue weighted by molar-refractivity contribution is 5.82. The number of rotatable bonds is 4. The quantitative estimate of drug-likeness (QED) is 0.574. The molecule has 0 aromatic carbocycles. The van der Waals surface area contributed by atoms with Gasteiger partial charge in [0.1, 0.15) is 6.04 Å². The molecule has 1 aliphatic heterocycles. The molecule has 0 saturated carbocycles. The van der Waals surface area contributed by atoms with E-state index in [0.717, 1.165) is 19.4 Å². The number of carbonyl (C=O) groups excluding carboxylic acids is 1. The minimum atomic E-state index is -1.01. The summed E-state index contributed by atoms with van der Waals surface area (Å²) in [6.07, 6.45) is 1.96. The van der Waals surface area contributed by atoms with Crippen LogP contribution >= 0.6 is 0 Å². The number of carboxylic acids is 1. The number of likely N-dealkylation sites (tertiary alicyclic amines) is 1. The fourth-order valence-corrected chi connectivity index (χ4v) is 1.95. The number of carboxylic acid groups (broad SMARTS) is 1. The summed E-state index contributed by atoms with van der Waals surface area (Å²) in [5, 5.41) is 11.4. The van der Waals surface area contributed by atoms with Crippen molar-refractivity contribution in [2.45, 2.75) is 31.8 Å². The van der Waals surface area contributed by atoms with Gasteiger partial charge in [0.2, 0.25) is 5.91 Å². The van der Waals surface area contributed by atoms with E-state index in [1.54, 1.807) is 0 Å². The van der Waals surface area contributed by atoms with Crippen LogP contribution in [0.1, 0.15) is 19.8 Å². The summed E-state index contributed by atoms with van der Waals surface area (Å²) < 4.78 is 0. The molecule has 0 bridgehead atoms. The molecule has 1 aliphatic rings. The summed E-state index contributed by atoms with van der Waals surface area (Å²) in [5.74, 6) is -1.33. The van der Waals surface area contributed by atoms with Crippen molar-refractivity contribution in [3.63, 3.8) is 0 Å². The lowest BCUT2D eigenvalue weighted by atomic mass is 10.1. The number of piperidine rings is 1. The highest BCUT2D eigenvalue weighted by Gasteiger charge is 2.24. The van der Waals surface area contributed by atoms with Crippen LogP contribution in [0.25, 0.3) is 0 Å². The van der Waals surface area contributed by atoms with Crippen LogP contribution in [0.5, 0.6) is 0 Å². The zero-order valence-electron chi connectivity index (χ0n) is 9.48. The third-order valence-electron chi connectivity index (χ3n) is 2.66. The van der Waals surface area contributed by atoms with Crippen molar-refractivity contribution in [1.82, 2.24) is 10.2 Å². The fourth-order valence-electron chi connectivity index (χ4n) is 1.95. The van der Waals surface area contributed by atoms with Gasteiger partial charge in [0, 0.05) is 26.1 Å². The predicted molar refractivity (Wildman–Crippen MR) is 58.9 cm³/mol. The number of nitrogens with two attached hydrogens (primary N) is 1. The molecule has 0 radical (unpaired) electrons. The van der Waals surface area contributed by atoms with Crippen molar-refractivity contribution in [2.24, 2.45) is 5.73 Å². The largest absolute Gasteiger partial charge is 0.480 e. The molecule has 6 heteroatoms. The zero-order valence-corrected chi connectivity index (χ0v) is 9.48. The zero-order chi connectivity index (χ0) is 12.1. The van der Waals surface area contributed by atoms with Gasteiger partial charge in [0.15, 0.2) is 0 Å². The van der Waals surface area contributed by atoms with E-state index < -0.39 is 12.0 Å². The molecule has 1 saturated heterocycles. The molecular formula is C10H19N3O3. The Morgan fingerprint density at radius 3 is 2.81 bits per heavy atom. The standard InChI is InChI=1S/C10H19N3O3/c1-7(14)12-9(10(15)16)6-13-4-2-3-8(11)5-13/h8-9H,2-6,11H2,1H3,(H,12,14)(H,15,16). The van der Waals surface area contributed by atoms with Gasteiger partial charge in [-0.15, -0.1) is 0 Å². The highest BCUT2D eigenvalue weighted by atomic mass is 16.4. The average Bonchev–Trinajstić information content (AvgIpc) is 2.15. The van der Waals surface area contributed by atoms with Crippen molar-refractivity contribution < 1.29 is 14.7 Å². The summed E-state index contributed by atoms with van der Waals surface area (Å²) in [6, 6.07) is -0.733. The predicted octanol–water partition coefficient (Wildman–Crippen LogP) is -1.00.